The van der Waals surface area contributed by atoms with Crippen LogP contribution in [0, 0.1) is 0 Å². The van der Waals surface area contributed by atoms with Crippen molar-refractivity contribution in [2.75, 3.05) is 11.9 Å². The van der Waals surface area contributed by atoms with Crippen LogP contribution in [0.3, 0.4) is 0 Å². The van der Waals surface area contributed by atoms with E-state index in [1.807, 2.05) is 24.3 Å². The highest BCUT2D eigenvalue weighted by Gasteiger charge is 1.95. The maximum Gasteiger partial charge on any atom is 0.322 e. The number of benzene rings is 1. The minimum Gasteiger partial charge on any atom is -0.480 e. The monoisotopic (exact) mass is 177 g/mol. The number of carbonyl (C=O) groups is 1. The minimum absolute atomic E-state index is 0.0621. The molecule has 0 saturated carbocycles. The van der Waals surface area contributed by atoms with Gasteiger partial charge in [-0.1, -0.05) is 24.8 Å². The first-order valence-corrected chi connectivity index (χ1v) is 3.90. The average Bonchev–Trinajstić information content (AvgIpc) is 2.15. The van der Waals surface area contributed by atoms with Gasteiger partial charge in [0.15, 0.2) is 0 Å². The van der Waals surface area contributed by atoms with Crippen LogP contribution in [0.15, 0.2) is 30.8 Å². The summed E-state index contributed by atoms with van der Waals surface area (Å²) in [5.41, 5.74) is 1.81. The number of nitrogens with one attached hydrogen (secondary N) is 1. The quantitative estimate of drug-likeness (QED) is 0.737. The first-order chi connectivity index (χ1) is 6.22. The molecule has 0 spiro atoms. The zero-order valence-electron chi connectivity index (χ0n) is 7.16. The van der Waals surface area contributed by atoms with E-state index in [0.717, 1.165) is 11.3 Å². The van der Waals surface area contributed by atoms with E-state index in [-0.39, 0.29) is 6.54 Å². The number of rotatable bonds is 4. The molecule has 0 aliphatic heterocycles. The van der Waals surface area contributed by atoms with Crippen molar-refractivity contribution in [2.45, 2.75) is 0 Å². The highest BCUT2D eigenvalue weighted by Crippen LogP contribution is 2.09. The van der Waals surface area contributed by atoms with Gasteiger partial charge in [-0.25, -0.2) is 0 Å². The van der Waals surface area contributed by atoms with Crippen LogP contribution in [-0.4, -0.2) is 17.6 Å². The number of aliphatic carboxylic acids is 1. The van der Waals surface area contributed by atoms with Gasteiger partial charge >= 0.3 is 5.97 Å². The maximum absolute atomic E-state index is 10.2. The van der Waals surface area contributed by atoms with Gasteiger partial charge in [-0.2, -0.15) is 0 Å². The standard InChI is InChI=1S/C10H11NO2/c1-2-8-3-5-9(6-4-8)11-7-10(12)13/h2-6,11H,1,7H2,(H,12,13). The topological polar surface area (TPSA) is 49.3 Å². The lowest BCUT2D eigenvalue weighted by atomic mass is 10.2. The van der Waals surface area contributed by atoms with Crippen LogP contribution in [0.1, 0.15) is 5.56 Å². The molecule has 0 atom stereocenters. The Bertz CT molecular complexity index is 303. The second-order valence-corrected chi connectivity index (χ2v) is 2.57. The second-order valence-electron chi connectivity index (χ2n) is 2.57. The molecule has 3 heteroatoms. The van der Waals surface area contributed by atoms with Crippen molar-refractivity contribution in [2.24, 2.45) is 0 Å². The summed E-state index contributed by atoms with van der Waals surface area (Å²) in [6.07, 6.45) is 1.74. The van der Waals surface area contributed by atoms with Crippen molar-refractivity contribution < 1.29 is 9.90 Å². The van der Waals surface area contributed by atoms with Crippen molar-refractivity contribution in [1.29, 1.82) is 0 Å². The van der Waals surface area contributed by atoms with E-state index in [4.69, 9.17) is 5.11 Å². The Morgan fingerprint density at radius 2 is 2.08 bits per heavy atom. The zero-order valence-corrected chi connectivity index (χ0v) is 7.16. The fraction of sp³-hybridized carbons (Fsp3) is 0.100. The molecule has 68 valence electrons. The molecule has 0 amide bonds. The number of hydrogen-bond donors (Lipinski definition) is 2. The van der Waals surface area contributed by atoms with E-state index >= 15 is 0 Å². The van der Waals surface area contributed by atoms with Gasteiger partial charge in [-0.3, -0.25) is 4.79 Å². The van der Waals surface area contributed by atoms with Crippen molar-refractivity contribution in [3.8, 4) is 0 Å². The molecule has 1 aromatic carbocycles. The zero-order chi connectivity index (χ0) is 9.68. The lowest BCUT2D eigenvalue weighted by Gasteiger charge is -2.02. The average molecular weight is 177 g/mol. The van der Waals surface area contributed by atoms with Crippen LogP contribution in [0.25, 0.3) is 6.08 Å². The van der Waals surface area contributed by atoms with Crippen LogP contribution >= 0.6 is 0 Å². The summed E-state index contributed by atoms with van der Waals surface area (Å²) in [6.45, 7) is 3.56. The van der Waals surface area contributed by atoms with E-state index in [9.17, 15) is 4.79 Å². The molecule has 1 aromatic rings. The van der Waals surface area contributed by atoms with Crippen molar-refractivity contribution >= 4 is 17.7 Å². The molecule has 0 unspecified atom stereocenters. The second kappa shape index (κ2) is 4.30. The Morgan fingerprint density at radius 1 is 1.46 bits per heavy atom. The summed E-state index contributed by atoms with van der Waals surface area (Å²) in [7, 11) is 0. The van der Waals surface area contributed by atoms with E-state index < -0.39 is 5.97 Å². The molecular formula is C10H11NO2. The Balaban J connectivity index is 2.59. The number of carboxylic acid groups (broad SMARTS) is 1. The van der Waals surface area contributed by atoms with Crippen molar-refractivity contribution in [3.05, 3.63) is 36.4 Å². The lowest BCUT2D eigenvalue weighted by molar-refractivity contribution is -0.134. The Hall–Kier alpha value is -1.77. The summed E-state index contributed by atoms with van der Waals surface area (Å²) >= 11 is 0. The lowest BCUT2D eigenvalue weighted by Crippen LogP contribution is -2.11. The highest BCUT2D eigenvalue weighted by molar-refractivity contribution is 5.72. The van der Waals surface area contributed by atoms with Gasteiger partial charge in [0.25, 0.3) is 0 Å². The fourth-order valence-electron chi connectivity index (χ4n) is 0.915. The van der Waals surface area contributed by atoms with E-state index in [1.54, 1.807) is 6.08 Å². The predicted molar refractivity (Wildman–Crippen MR) is 52.7 cm³/mol. The van der Waals surface area contributed by atoms with Crippen molar-refractivity contribution in [1.82, 2.24) is 0 Å². The molecule has 0 aromatic heterocycles. The molecule has 0 bridgehead atoms. The molecule has 0 aliphatic rings. The van der Waals surface area contributed by atoms with E-state index in [0.29, 0.717) is 0 Å². The van der Waals surface area contributed by atoms with E-state index in [2.05, 4.69) is 11.9 Å². The van der Waals surface area contributed by atoms with Crippen molar-refractivity contribution in [3.63, 3.8) is 0 Å². The highest BCUT2D eigenvalue weighted by atomic mass is 16.4. The molecule has 0 radical (unpaired) electrons. The number of hydrogen-bond acceptors (Lipinski definition) is 2. The summed E-state index contributed by atoms with van der Waals surface area (Å²) in [6, 6.07) is 7.38. The molecule has 0 fully saturated rings. The maximum atomic E-state index is 10.2. The molecule has 2 N–H and O–H groups in total. The van der Waals surface area contributed by atoms with Gasteiger partial charge in [-0.15, -0.1) is 0 Å². The molecular weight excluding hydrogens is 166 g/mol. The largest absolute Gasteiger partial charge is 0.480 e. The first-order valence-electron chi connectivity index (χ1n) is 3.90. The third-order valence-electron chi connectivity index (χ3n) is 1.59. The molecule has 3 nitrogen and oxygen atoms in total. The van der Waals surface area contributed by atoms with Crippen LogP contribution in [0.2, 0.25) is 0 Å². The number of anilines is 1. The summed E-state index contributed by atoms with van der Waals surface area (Å²) in [5, 5.41) is 11.2. The first kappa shape index (κ1) is 9.32. The molecule has 0 saturated heterocycles. The molecule has 0 aliphatic carbocycles. The van der Waals surface area contributed by atoms with Gasteiger partial charge in [0.2, 0.25) is 0 Å². The van der Waals surface area contributed by atoms with Gasteiger partial charge in [0, 0.05) is 5.69 Å². The summed E-state index contributed by atoms with van der Waals surface area (Å²) < 4.78 is 0. The van der Waals surface area contributed by atoms with Crippen LogP contribution in [0.4, 0.5) is 5.69 Å². The number of carboxylic acids is 1. The Kier molecular flexibility index (Phi) is 3.09. The minimum atomic E-state index is -0.868. The van der Waals surface area contributed by atoms with Crippen LogP contribution < -0.4 is 5.32 Å². The normalized spacial score (nSPS) is 9.23. The van der Waals surface area contributed by atoms with Gasteiger partial charge < -0.3 is 10.4 Å². The van der Waals surface area contributed by atoms with E-state index in [1.165, 1.54) is 0 Å². The molecule has 0 heterocycles. The molecule has 13 heavy (non-hydrogen) atoms. The fourth-order valence-corrected chi connectivity index (χ4v) is 0.915. The SMILES string of the molecule is C=Cc1ccc(NCC(=O)O)cc1. The Morgan fingerprint density at radius 3 is 2.54 bits per heavy atom. The summed E-state index contributed by atoms with van der Waals surface area (Å²) in [4.78, 5) is 10.2. The predicted octanol–water partition coefficient (Wildman–Crippen LogP) is 1.83. The van der Waals surface area contributed by atoms with Gasteiger partial charge in [0.1, 0.15) is 6.54 Å². The molecule has 1 rings (SSSR count). The van der Waals surface area contributed by atoms with Crippen LogP contribution in [0.5, 0.6) is 0 Å². The summed E-state index contributed by atoms with van der Waals surface area (Å²) in [5.74, 6) is -0.868. The smallest absolute Gasteiger partial charge is 0.322 e. The third kappa shape index (κ3) is 2.99. The van der Waals surface area contributed by atoms with Gasteiger partial charge in [0.05, 0.1) is 0 Å². The third-order valence-corrected chi connectivity index (χ3v) is 1.59. The van der Waals surface area contributed by atoms with Crippen LogP contribution in [-0.2, 0) is 4.79 Å². The Labute approximate surface area is 76.7 Å². The van der Waals surface area contributed by atoms with Gasteiger partial charge in [-0.05, 0) is 17.7 Å².